The molecule has 0 saturated heterocycles. The summed E-state index contributed by atoms with van der Waals surface area (Å²) in [6.07, 6.45) is 0. The number of methoxy groups -OCH3 is 1. The van der Waals surface area contributed by atoms with Gasteiger partial charge in [0.1, 0.15) is 11.5 Å². The number of fused-ring (bicyclic) bond motifs is 1. The summed E-state index contributed by atoms with van der Waals surface area (Å²) in [5.74, 6) is 1.34. The fourth-order valence-electron chi connectivity index (χ4n) is 2.09. The molecule has 3 rings (SSSR count). The van der Waals surface area contributed by atoms with Gasteiger partial charge < -0.3 is 9.15 Å². The molecule has 0 spiro atoms. The molecule has 0 aliphatic carbocycles. The molecule has 0 radical (unpaired) electrons. The van der Waals surface area contributed by atoms with Crippen molar-refractivity contribution in [3.8, 4) is 17.1 Å². The highest BCUT2D eigenvalue weighted by Crippen LogP contribution is 2.33. The molecule has 1 aromatic heterocycles. The molecule has 0 aliphatic rings. The van der Waals surface area contributed by atoms with E-state index >= 15 is 0 Å². The number of non-ortho nitro benzene ring substituents is 1. The van der Waals surface area contributed by atoms with Crippen molar-refractivity contribution in [2.45, 2.75) is 0 Å². The van der Waals surface area contributed by atoms with Gasteiger partial charge in [0, 0.05) is 17.0 Å². The SMILES string of the molecule is COc1ccc(-c2cc3cccc([N+](=O)[O-])c3o2)cc1. The van der Waals surface area contributed by atoms with Crippen LogP contribution < -0.4 is 4.74 Å². The molecule has 0 N–H and O–H groups in total. The van der Waals surface area contributed by atoms with E-state index in [0.717, 1.165) is 11.3 Å². The fourth-order valence-corrected chi connectivity index (χ4v) is 2.09. The maximum absolute atomic E-state index is 11.0. The first-order valence-electron chi connectivity index (χ1n) is 6.00. The van der Waals surface area contributed by atoms with Crippen LogP contribution in [0, 0.1) is 10.1 Å². The van der Waals surface area contributed by atoms with E-state index in [1.165, 1.54) is 6.07 Å². The number of ether oxygens (including phenoxy) is 1. The highest BCUT2D eigenvalue weighted by Gasteiger charge is 2.16. The maximum Gasteiger partial charge on any atom is 0.312 e. The molecule has 20 heavy (non-hydrogen) atoms. The van der Waals surface area contributed by atoms with Crippen LogP contribution in [0.3, 0.4) is 0 Å². The molecule has 0 fully saturated rings. The van der Waals surface area contributed by atoms with Crippen LogP contribution in [0.15, 0.2) is 52.9 Å². The standard InChI is InChI=1S/C15H11NO4/c1-19-12-7-5-10(6-8-12)14-9-11-3-2-4-13(16(17)18)15(11)20-14/h2-9H,1H3. The van der Waals surface area contributed by atoms with Gasteiger partial charge >= 0.3 is 5.69 Å². The molecule has 0 atom stereocenters. The highest BCUT2D eigenvalue weighted by atomic mass is 16.6. The van der Waals surface area contributed by atoms with Crippen LogP contribution in [0.1, 0.15) is 0 Å². The normalized spacial score (nSPS) is 10.7. The van der Waals surface area contributed by atoms with E-state index in [1.807, 2.05) is 24.3 Å². The lowest BCUT2D eigenvalue weighted by atomic mass is 10.1. The number of benzene rings is 2. The molecule has 5 nitrogen and oxygen atoms in total. The largest absolute Gasteiger partial charge is 0.497 e. The third kappa shape index (κ3) is 1.99. The lowest BCUT2D eigenvalue weighted by Crippen LogP contribution is -1.86. The third-order valence-corrected chi connectivity index (χ3v) is 3.09. The van der Waals surface area contributed by atoms with Gasteiger partial charge in [-0.2, -0.15) is 0 Å². The predicted octanol–water partition coefficient (Wildman–Crippen LogP) is 4.02. The number of hydrogen-bond acceptors (Lipinski definition) is 4. The molecule has 0 bridgehead atoms. The Hall–Kier alpha value is -2.82. The van der Waals surface area contributed by atoms with Gasteiger partial charge in [0.25, 0.3) is 0 Å². The van der Waals surface area contributed by atoms with E-state index in [9.17, 15) is 10.1 Å². The van der Waals surface area contributed by atoms with Gasteiger partial charge in [-0.15, -0.1) is 0 Å². The van der Waals surface area contributed by atoms with Crippen LogP contribution in [0.5, 0.6) is 5.75 Å². The maximum atomic E-state index is 11.0. The summed E-state index contributed by atoms with van der Waals surface area (Å²) in [5.41, 5.74) is 1.11. The Labute approximate surface area is 114 Å². The summed E-state index contributed by atoms with van der Waals surface area (Å²) < 4.78 is 10.7. The molecule has 0 unspecified atom stereocenters. The van der Waals surface area contributed by atoms with Crippen molar-refractivity contribution in [3.63, 3.8) is 0 Å². The topological polar surface area (TPSA) is 65.5 Å². The summed E-state index contributed by atoms with van der Waals surface area (Å²) in [4.78, 5) is 10.5. The summed E-state index contributed by atoms with van der Waals surface area (Å²) in [6.45, 7) is 0. The number of nitro benzene ring substituents is 1. The second-order valence-electron chi connectivity index (χ2n) is 4.29. The van der Waals surface area contributed by atoms with Gasteiger partial charge in [-0.3, -0.25) is 10.1 Å². The van der Waals surface area contributed by atoms with Crippen LogP contribution in [-0.2, 0) is 0 Å². The first-order valence-corrected chi connectivity index (χ1v) is 6.00. The Morgan fingerprint density at radius 1 is 1.15 bits per heavy atom. The second kappa shape index (κ2) is 4.70. The molecule has 2 aromatic carbocycles. The van der Waals surface area contributed by atoms with Crippen molar-refractivity contribution in [2.24, 2.45) is 0 Å². The van der Waals surface area contributed by atoms with E-state index in [0.29, 0.717) is 16.7 Å². The zero-order chi connectivity index (χ0) is 14.1. The Balaban J connectivity index is 2.12. The quantitative estimate of drug-likeness (QED) is 0.532. The average molecular weight is 269 g/mol. The average Bonchev–Trinajstić information content (AvgIpc) is 2.90. The number of nitro groups is 1. The Bertz CT molecular complexity index is 774. The molecular weight excluding hydrogens is 258 g/mol. The van der Waals surface area contributed by atoms with Crippen molar-refractivity contribution >= 4 is 16.7 Å². The molecule has 3 aromatic rings. The number of hydrogen-bond donors (Lipinski definition) is 0. The van der Waals surface area contributed by atoms with Crippen molar-refractivity contribution in [2.75, 3.05) is 7.11 Å². The Kier molecular flexibility index (Phi) is 2.87. The summed E-state index contributed by atoms with van der Waals surface area (Å²) in [6, 6.07) is 14.0. The lowest BCUT2D eigenvalue weighted by molar-refractivity contribution is -0.383. The number of rotatable bonds is 3. The molecule has 1 heterocycles. The Morgan fingerprint density at radius 2 is 1.90 bits per heavy atom. The molecule has 0 amide bonds. The molecule has 5 heteroatoms. The first kappa shape index (κ1) is 12.2. The zero-order valence-electron chi connectivity index (χ0n) is 10.7. The smallest absolute Gasteiger partial charge is 0.312 e. The van der Waals surface area contributed by atoms with E-state index in [1.54, 1.807) is 25.3 Å². The first-order chi connectivity index (χ1) is 9.69. The minimum atomic E-state index is -0.441. The lowest BCUT2D eigenvalue weighted by Gasteiger charge is -2.00. The van der Waals surface area contributed by atoms with Crippen LogP contribution in [0.25, 0.3) is 22.3 Å². The van der Waals surface area contributed by atoms with Crippen molar-refractivity contribution in [3.05, 3.63) is 58.6 Å². The van der Waals surface area contributed by atoms with Gasteiger partial charge in [0.15, 0.2) is 0 Å². The van der Waals surface area contributed by atoms with Crippen LogP contribution in [-0.4, -0.2) is 12.0 Å². The van der Waals surface area contributed by atoms with Gasteiger partial charge in [-0.1, -0.05) is 12.1 Å². The monoisotopic (exact) mass is 269 g/mol. The minimum absolute atomic E-state index is 0.0257. The van der Waals surface area contributed by atoms with Gasteiger partial charge in [0.05, 0.1) is 12.0 Å². The summed E-state index contributed by atoms with van der Waals surface area (Å²) in [5, 5.41) is 11.7. The van der Waals surface area contributed by atoms with Gasteiger partial charge in [-0.05, 0) is 30.3 Å². The van der Waals surface area contributed by atoms with Gasteiger partial charge in [0.2, 0.25) is 5.58 Å². The van der Waals surface area contributed by atoms with Crippen LogP contribution in [0.4, 0.5) is 5.69 Å². The zero-order valence-corrected chi connectivity index (χ0v) is 10.7. The minimum Gasteiger partial charge on any atom is -0.497 e. The van der Waals surface area contributed by atoms with E-state index in [-0.39, 0.29) is 5.69 Å². The van der Waals surface area contributed by atoms with E-state index < -0.39 is 4.92 Å². The molecular formula is C15H11NO4. The molecule has 0 saturated carbocycles. The van der Waals surface area contributed by atoms with Crippen molar-refractivity contribution < 1.29 is 14.1 Å². The van der Waals surface area contributed by atoms with Crippen molar-refractivity contribution in [1.82, 2.24) is 0 Å². The van der Waals surface area contributed by atoms with E-state index in [4.69, 9.17) is 9.15 Å². The molecule has 0 aliphatic heterocycles. The number of furan rings is 1. The highest BCUT2D eigenvalue weighted by molar-refractivity contribution is 5.89. The third-order valence-electron chi connectivity index (χ3n) is 3.09. The van der Waals surface area contributed by atoms with Crippen LogP contribution >= 0.6 is 0 Å². The van der Waals surface area contributed by atoms with Crippen molar-refractivity contribution in [1.29, 1.82) is 0 Å². The summed E-state index contributed by atoms with van der Waals surface area (Å²) in [7, 11) is 1.60. The van der Waals surface area contributed by atoms with Gasteiger partial charge in [-0.25, -0.2) is 0 Å². The number of nitrogens with zero attached hydrogens (tertiary/aromatic N) is 1. The second-order valence-corrected chi connectivity index (χ2v) is 4.29. The fraction of sp³-hybridized carbons (Fsp3) is 0.0667. The van der Waals surface area contributed by atoms with Crippen LogP contribution in [0.2, 0.25) is 0 Å². The number of para-hydroxylation sites is 1. The van der Waals surface area contributed by atoms with E-state index in [2.05, 4.69) is 0 Å². The predicted molar refractivity (Wildman–Crippen MR) is 74.9 cm³/mol. The summed E-state index contributed by atoms with van der Waals surface area (Å²) >= 11 is 0. The Morgan fingerprint density at radius 3 is 2.55 bits per heavy atom. The molecule has 100 valence electrons.